The normalized spacial score (nSPS) is 27.9. The molecule has 0 saturated heterocycles. The Morgan fingerprint density at radius 2 is 1.84 bits per heavy atom. The molecule has 0 amide bonds. The summed E-state index contributed by atoms with van der Waals surface area (Å²) >= 11 is 0. The van der Waals surface area contributed by atoms with Gasteiger partial charge in [-0.15, -0.1) is 0 Å². The Hall–Kier alpha value is -0.370. The van der Waals surface area contributed by atoms with Crippen LogP contribution in [0.3, 0.4) is 0 Å². The second kappa shape index (κ2) is 5.95. The van der Waals surface area contributed by atoms with Gasteiger partial charge in [0.2, 0.25) is 0 Å². The van der Waals surface area contributed by atoms with Gasteiger partial charge in [-0.2, -0.15) is 0 Å². The van der Waals surface area contributed by atoms with Gasteiger partial charge in [0.15, 0.2) is 0 Å². The molecule has 0 heterocycles. The fourth-order valence-corrected chi connectivity index (χ4v) is 3.91. The lowest BCUT2D eigenvalue weighted by molar-refractivity contribution is -0.128. The SMILES string of the molecule is CC(C)CN(CC1CCC(C)(C)C1=O)C1CCCC1. The highest BCUT2D eigenvalue weighted by atomic mass is 16.1. The molecule has 0 aromatic carbocycles. The highest BCUT2D eigenvalue weighted by Crippen LogP contribution is 2.38. The van der Waals surface area contributed by atoms with Gasteiger partial charge in [0.25, 0.3) is 0 Å². The van der Waals surface area contributed by atoms with E-state index in [0.29, 0.717) is 17.6 Å². The zero-order chi connectivity index (χ0) is 14.0. The number of nitrogens with zero attached hydrogens (tertiary/aromatic N) is 1. The summed E-state index contributed by atoms with van der Waals surface area (Å²) in [5.41, 5.74) is -0.0656. The summed E-state index contributed by atoms with van der Waals surface area (Å²) in [5, 5.41) is 0. The molecule has 19 heavy (non-hydrogen) atoms. The van der Waals surface area contributed by atoms with Crippen LogP contribution < -0.4 is 0 Å². The number of ketones is 1. The molecule has 2 nitrogen and oxygen atoms in total. The number of Topliss-reactive ketones (excluding diaryl/α,β-unsaturated/α-hetero) is 1. The molecule has 0 radical (unpaired) electrons. The lowest BCUT2D eigenvalue weighted by atomic mass is 9.89. The van der Waals surface area contributed by atoms with Gasteiger partial charge in [0, 0.05) is 30.5 Å². The topological polar surface area (TPSA) is 20.3 Å². The fraction of sp³-hybridized carbons (Fsp3) is 0.941. The van der Waals surface area contributed by atoms with Crippen molar-refractivity contribution in [2.24, 2.45) is 17.3 Å². The van der Waals surface area contributed by atoms with Crippen LogP contribution in [0.1, 0.15) is 66.2 Å². The lowest BCUT2D eigenvalue weighted by Crippen LogP contribution is -2.41. The van der Waals surface area contributed by atoms with Gasteiger partial charge < -0.3 is 0 Å². The van der Waals surface area contributed by atoms with Gasteiger partial charge in [-0.05, 0) is 31.6 Å². The van der Waals surface area contributed by atoms with Crippen molar-refractivity contribution in [3.63, 3.8) is 0 Å². The quantitative estimate of drug-likeness (QED) is 0.751. The monoisotopic (exact) mass is 265 g/mol. The minimum Gasteiger partial charge on any atom is -0.299 e. The molecule has 2 aliphatic rings. The van der Waals surface area contributed by atoms with Crippen molar-refractivity contribution < 1.29 is 4.79 Å². The van der Waals surface area contributed by atoms with Crippen molar-refractivity contribution in [1.29, 1.82) is 0 Å². The van der Waals surface area contributed by atoms with E-state index in [1.807, 2.05) is 0 Å². The lowest BCUT2D eigenvalue weighted by Gasteiger charge is -2.32. The third kappa shape index (κ3) is 3.59. The van der Waals surface area contributed by atoms with E-state index in [9.17, 15) is 4.79 Å². The van der Waals surface area contributed by atoms with Gasteiger partial charge in [0.05, 0.1) is 0 Å². The zero-order valence-electron chi connectivity index (χ0n) is 13.2. The van der Waals surface area contributed by atoms with Crippen molar-refractivity contribution in [3.8, 4) is 0 Å². The van der Waals surface area contributed by atoms with Gasteiger partial charge in [-0.1, -0.05) is 40.5 Å². The summed E-state index contributed by atoms with van der Waals surface area (Å²) in [4.78, 5) is 15.1. The molecular formula is C17H31NO. The maximum Gasteiger partial charge on any atom is 0.142 e. The second-order valence-electron chi connectivity index (χ2n) is 7.77. The first-order chi connectivity index (χ1) is 8.90. The predicted octanol–water partition coefficient (Wildman–Crippen LogP) is 3.89. The maximum atomic E-state index is 12.4. The summed E-state index contributed by atoms with van der Waals surface area (Å²) in [6.45, 7) is 11.0. The standard InChI is InChI=1S/C17H31NO/c1-13(2)11-18(15-7-5-6-8-15)12-14-9-10-17(3,4)16(14)19/h13-15H,5-12H2,1-4H3. The molecule has 0 aromatic heterocycles. The van der Waals surface area contributed by atoms with Crippen LogP contribution in [0.4, 0.5) is 0 Å². The van der Waals surface area contributed by atoms with Crippen LogP contribution in [0.2, 0.25) is 0 Å². The van der Waals surface area contributed by atoms with Crippen molar-refractivity contribution in [2.75, 3.05) is 13.1 Å². The van der Waals surface area contributed by atoms with Crippen molar-refractivity contribution in [1.82, 2.24) is 4.90 Å². The Labute approximate surface area is 118 Å². The summed E-state index contributed by atoms with van der Waals surface area (Å²) in [5.74, 6) is 1.51. The molecule has 2 aliphatic carbocycles. The van der Waals surface area contributed by atoms with Crippen LogP contribution in [0.25, 0.3) is 0 Å². The Bertz CT molecular complexity index is 315. The first kappa shape index (κ1) is 15.0. The zero-order valence-corrected chi connectivity index (χ0v) is 13.2. The summed E-state index contributed by atoms with van der Waals surface area (Å²) in [7, 11) is 0. The third-order valence-corrected chi connectivity index (χ3v) is 5.05. The Balaban J connectivity index is 1.98. The smallest absolute Gasteiger partial charge is 0.142 e. The molecule has 0 aromatic rings. The first-order valence-electron chi connectivity index (χ1n) is 8.18. The highest BCUT2D eigenvalue weighted by molar-refractivity contribution is 5.88. The summed E-state index contributed by atoms with van der Waals surface area (Å²) < 4.78 is 0. The first-order valence-corrected chi connectivity index (χ1v) is 8.18. The van der Waals surface area contributed by atoms with Gasteiger partial charge >= 0.3 is 0 Å². The molecule has 2 heteroatoms. The second-order valence-corrected chi connectivity index (χ2v) is 7.77. The number of hydrogen-bond donors (Lipinski definition) is 0. The van der Waals surface area contributed by atoms with Gasteiger partial charge in [-0.3, -0.25) is 9.69 Å². The molecule has 1 atom stereocenters. The van der Waals surface area contributed by atoms with Gasteiger partial charge in [-0.25, -0.2) is 0 Å². The van der Waals surface area contributed by atoms with E-state index >= 15 is 0 Å². The van der Waals surface area contributed by atoms with E-state index in [4.69, 9.17) is 0 Å². The van der Waals surface area contributed by atoms with Crippen LogP contribution in [-0.2, 0) is 4.79 Å². The number of rotatable bonds is 5. The van der Waals surface area contributed by atoms with Crippen LogP contribution in [-0.4, -0.2) is 29.8 Å². The molecule has 0 aliphatic heterocycles. The number of carbonyl (C=O) groups is 1. The van der Waals surface area contributed by atoms with Crippen LogP contribution in [0.15, 0.2) is 0 Å². The highest BCUT2D eigenvalue weighted by Gasteiger charge is 2.41. The fourth-order valence-electron chi connectivity index (χ4n) is 3.91. The largest absolute Gasteiger partial charge is 0.299 e. The Morgan fingerprint density at radius 3 is 2.32 bits per heavy atom. The van der Waals surface area contributed by atoms with Crippen LogP contribution in [0.5, 0.6) is 0 Å². The van der Waals surface area contributed by atoms with Crippen molar-refractivity contribution >= 4 is 5.78 Å². The Kier molecular flexibility index (Phi) is 4.70. The molecule has 0 spiro atoms. The van der Waals surface area contributed by atoms with E-state index in [2.05, 4.69) is 32.6 Å². The molecule has 110 valence electrons. The van der Waals surface area contributed by atoms with Crippen LogP contribution >= 0.6 is 0 Å². The summed E-state index contributed by atoms with van der Waals surface area (Å²) in [6, 6.07) is 0.749. The third-order valence-electron chi connectivity index (χ3n) is 5.05. The van der Waals surface area contributed by atoms with E-state index < -0.39 is 0 Å². The van der Waals surface area contributed by atoms with E-state index in [0.717, 1.165) is 32.0 Å². The number of hydrogen-bond acceptors (Lipinski definition) is 2. The van der Waals surface area contributed by atoms with Crippen molar-refractivity contribution in [3.05, 3.63) is 0 Å². The molecule has 2 fully saturated rings. The predicted molar refractivity (Wildman–Crippen MR) is 80.2 cm³/mol. The molecule has 1 unspecified atom stereocenters. The molecular weight excluding hydrogens is 234 g/mol. The molecule has 2 saturated carbocycles. The van der Waals surface area contributed by atoms with E-state index in [1.165, 1.54) is 25.7 Å². The van der Waals surface area contributed by atoms with Gasteiger partial charge in [0.1, 0.15) is 5.78 Å². The minimum absolute atomic E-state index is 0.0656. The van der Waals surface area contributed by atoms with Crippen LogP contribution in [0, 0.1) is 17.3 Å². The average molecular weight is 265 g/mol. The Morgan fingerprint density at radius 1 is 1.21 bits per heavy atom. The molecule has 2 rings (SSSR count). The maximum absolute atomic E-state index is 12.4. The van der Waals surface area contributed by atoms with E-state index in [1.54, 1.807) is 0 Å². The van der Waals surface area contributed by atoms with Crippen molar-refractivity contribution in [2.45, 2.75) is 72.3 Å². The van der Waals surface area contributed by atoms with E-state index in [-0.39, 0.29) is 5.41 Å². The molecule has 0 N–H and O–H groups in total. The number of carbonyl (C=O) groups excluding carboxylic acids is 1. The minimum atomic E-state index is -0.0656. The average Bonchev–Trinajstić information content (AvgIpc) is 2.92. The summed E-state index contributed by atoms with van der Waals surface area (Å²) in [6.07, 6.45) is 7.63. The molecule has 0 bridgehead atoms.